The summed E-state index contributed by atoms with van der Waals surface area (Å²) in [6, 6.07) is 4.22. The number of halogens is 1. The molecule has 2 saturated heterocycles. The Bertz CT molecular complexity index is 530. The van der Waals surface area contributed by atoms with E-state index in [-0.39, 0.29) is 30.3 Å². The quantitative estimate of drug-likeness (QED) is 0.901. The highest BCUT2D eigenvalue weighted by Gasteiger charge is 2.43. The highest BCUT2D eigenvalue weighted by Crippen LogP contribution is 2.41. The summed E-state index contributed by atoms with van der Waals surface area (Å²) in [6.45, 7) is 0. The van der Waals surface area contributed by atoms with Gasteiger partial charge in [-0.25, -0.2) is 0 Å². The van der Waals surface area contributed by atoms with Crippen molar-refractivity contribution in [1.29, 1.82) is 0 Å². The van der Waals surface area contributed by atoms with E-state index in [0.29, 0.717) is 0 Å². The van der Waals surface area contributed by atoms with Crippen LogP contribution in [-0.4, -0.2) is 34.0 Å². The van der Waals surface area contributed by atoms with Crippen LogP contribution in [0.5, 0.6) is 0 Å². The third kappa shape index (κ3) is 2.63. The summed E-state index contributed by atoms with van der Waals surface area (Å²) < 4.78 is 0.967. The second kappa shape index (κ2) is 5.48. The van der Waals surface area contributed by atoms with Gasteiger partial charge in [-0.1, -0.05) is 0 Å². The molecule has 1 amide bonds. The summed E-state index contributed by atoms with van der Waals surface area (Å²) in [7, 11) is 0. The number of thiophene rings is 1. The third-order valence-electron chi connectivity index (χ3n) is 4.31. The van der Waals surface area contributed by atoms with E-state index in [9.17, 15) is 9.59 Å². The molecule has 1 aromatic rings. The van der Waals surface area contributed by atoms with E-state index < -0.39 is 5.97 Å². The van der Waals surface area contributed by atoms with Crippen LogP contribution in [0.3, 0.4) is 0 Å². The van der Waals surface area contributed by atoms with Gasteiger partial charge in [0.05, 0.1) is 8.66 Å². The van der Waals surface area contributed by atoms with Crippen LogP contribution in [0, 0.1) is 5.92 Å². The van der Waals surface area contributed by atoms with Crippen molar-refractivity contribution in [3.8, 4) is 0 Å². The van der Waals surface area contributed by atoms with Crippen LogP contribution < -0.4 is 0 Å². The number of nitrogens with zero attached hydrogens (tertiary/aromatic N) is 1. The lowest BCUT2D eigenvalue weighted by Gasteiger charge is -2.38. The van der Waals surface area contributed by atoms with Gasteiger partial charge in [-0.2, -0.15) is 0 Å². The summed E-state index contributed by atoms with van der Waals surface area (Å²) in [5.41, 5.74) is 0. The Morgan fingerprint density at radius 1 is 1.30 bits per heavy atom. The van der Waals surface area contributed by atoms with E-state index in [1.807, 2.05) is 17.0 Å². The first kappa shape index (κ1) is 14.1. The highest BCUT2D eigenvalue weighted by atomic mass is 79.9. The summed E-state index contributed by atoms with van der Waals surface area (Å²) in [5, 5.41) is 8.93. The van der Waals surface area contributed by atoms with Gasteiger partial charge in [0, 0.05) is 18.5 Å². The largest absolute Gasteiger partial charge is 0.481 e. The minimum Gasteiger partial charge on any atom is -0.481 e. The molecule has 0 spiro atoms. The topological polar surface area (TPSA) is 57.6 Å². The molecule has 0 saturated carbocycles. The van der Waals surface area contributed by atoms with Crippen LogP contribution in [-0.2, 0) is 4.79 Å². The van der Waals surface area contributed by atoms with Crippen LogP contribution in [0.4, 0.5) is 0 Å². The van der Waals surface area contributed by atoms with Crippen molar-refractivity contribution in [2.24, 2.45) is 5.92 Å². The molecule has 0 aromatic carbocycles. The number of piperidine rings is 1. The molecule has 2 fully saturated rings. The number of hydrogen-bond donors (Lipinski definition) is 1. The van der Waals surface area contributed by atoms with Crippen molar-refractivity contribution in [3.63, 3.8) is 0 Å². The number of hydrogen-bond acceptors (Lipinski definition) is 3. The zero-order valence-electron chi connectivity index (χ0n) is 10.9. The maximum atomic E-state index is 12.6. The number of carbonyl (C=O) groups is 2. The van der Waals surface area contributed by atoms with Crippen molar-refractivity contribution in [2.75, 3.05) is 0 Å². The Hall–Kier alpha value is -0.880. The van der Waals surface area contributed by atoms with Gasteiger partial charge in [0.15, 0.2) is 0 Å². The van der Waals surface area contributed by atoms with E-state index in [4.69, 9.17) is 5.11 Å². The molecule has 0 radical (unpaired) electrons. The van der Waals surface area contributed by atoms with Gasteiger partial charge < -0.3 is 10.0 Å². The first-order valence-corrected chi connectivity index (χ1v) is 8.45. The average Bonchev–Trinajstić information content (AvgIpc) is 2.91. The van der Waals surface area contributed by atoms with E-state index in [1.54, 1.807) is 0 Å². The Morgan fingerprint density at radius 2 is 1.95 bits per heavy atom. The average molecular weight is 358 g/mol. The molecule has 2 unspecified atom stereocenters. The predicted molar refractivity (Wildman–Crippen MR) is 80.0 cm³/mol. The van der Waals surface area contributed by atoms with Gasteiger partial charge in [0.25, 0.3) is 5.91 Å². The van der Waals surface area contributed by atoms with Crippen molar-refractivity contribution in [1.82, 2.24) is 4.90 Å². The van der Waals surface area contributed by atoms with Crippen molar-refractivity contribution in [2.45, 2.75) is 44.2 Å². The van der Waals surface area contributed by atoms with E-state index in [1.165, 1.54) is 11.3 Å². The van der Waals surface area contributed by atoms with E-state index in [0.717, 1.165) is 34.3 Å². The lowest BCUT2D eigenvalue weighted by molar-refractivity contribution is -0.138. The molecule has 2 bridgehead atoms. The molecule has 3 rings (SSSR count). The van der Waals surface area contributed by atoms with Crippen LogP contribution in [0.25, 0.3) is 0 Å². The first-order chi connectivity index (χ1) is 9.54. The zero-order valence-corrected chi connectivity index (χ0v) is 13.3. The van der Waals surface area contributed by atoms with Gasteiger partial charge >= 0.3 is 5.97 Å². The summed E-state index contributed by atoms with van der Waals surface area (Å²) in [6.07, 6.45) is 3.93. The molecule has 1 aromatic heterocycles. The maximum absolute atomic E-state index is 12.6. The van der Waals surface area contributed by atoms with Crippen molar-refractivity contribution < 1.29 is 14.7 Å². The van der Waals surface area contributed by atoms with Crippen LogP contribution in [0.1, 0.15) is 41.8 Å². The van der Waals surface area contributed by atoms with Gasteiger partial charge in [-0.3, -0.25) is 9.59 Å². The first-order valence-electron chi connectivity index (χ1n) is 6.84. The molecule has 108 valence electrons. The number of aliphatic carboxylic acids is 1. The molecule has 4 nitrogen and oxygen atoms in total. The second-order valence-corrected chi connectivity index (χ2v) is 8.10. The summed E-state index contributed by atoms with van der Waals surface area (Å²) in [4.78, 5) is 26.2. The highest BCUT2D eigenvalue weighted by molar-refractivity contribution is 9.11. The minimum atomic E-state index is -0.726. The Labute approximate surface area is 129 Å². The van der Waals surface area contributed by atoms with Crippen LogP contribution >= 0.6 is 27.3 Å². The molecular weight excluding hydrogens is 342 g/mol. The number of amides is 1. The fraction of sp³-hybridized carbons (Fsp3) is 0.571. The van der Waals surface area contributed by atoms with Gasteiger partial charge in [-0.15, -0.1) is 11.3 Å². The fourth-order valence-electron chi connectivity index (χ4n) is 3.59. The standard InChI is InChI=1S/C14H16BrNO3S/c15-12-4-3-11(20-12)14(19)16-9-1-2-10(16)6-8(5-9)7-13(17)18/h3-4,8-10H,1-2,5-7H2,(H,17,18). The molecule has 1 N–H and O–H groups in total. The van der Waals surface area contributed by atoms with Crippen molar-refractivity contribution in [3.05, 3.63) is 20.8 Å². The number of rotatable bonds is 3. The third-order valence-corrected chi connectivity index (χ3v) is 5.92. The molecule has 6 heteroatoms. The molecule has 20 heavy (non-hydrogen) atoms. The summed E-state index contributed by atoms with van der Waals surface area (Å²) >= 11 is 4.85. The van der Waals surface area contributed by atoms with Gasteiger partial charge in [0.1, 0.15) is 0 Å². The Kier molecular flexibility index (Phi) is 3.86. The molecule has 0 aliphatic carbocycles. The second-order valence-electron chi connectivity index (χ2n) is 5.64. The Balaban J connectivity index is 1.74. The van der Waals surface area contributed by atoms with Crippen LogP contribution in [0.2, 0.25) is 0 Å². The molecule has 3 heterocycles. The molecule has 2 aliphatic heterocycles. The van der Waals surface area contributed by atoms with Crippen molar-refractivity contribution >= 4 is 39.1 Å². The van der Waals surface area contributed by atoms with E-state index in [2.05, 4.69) is 15.9 Å². The normalized spacial score (nSPS) is 28.6. The van der Waals surface area contributed by atoms with Gasteiger partial charge in [-0.05, 0) is 59.7 Å². The molecule has 2 aliphatic rings. The maximum Gasteiger partial charge on any atom is 0.303 e. The van der Waals surface area contributed by atoms with Gasteiger partial charge in [0.2, 0.25) is 0 Å². The minimum absolute atomic E-state index is 0.113. The SMILES string of the molecule is O=C(O)CC1CC2CCC(C1)N2C(=O)c1ccc(Br)s1. The number of carbonyl (C=O) groups excluding carboxylic acids is 1. The smallest absolute Gasteiger partial charge is 0.303 e. The summed E-state index contributed by atoms with van der Waals surface area (Å²) in [5.74, 6) is -0.387. The fourth-order valence-corrected chi connectivity index (χ4v) is 4.92. The lowest BCUT2D eigenvalue weighted by Crippen LogP contribution is -2.46. The molecule has 2 atom stereocenters. The number of carboxylic acids is 1. The van der Waals surface area contributed by atoms with Crippen LogP contribution in [0.15, 0.2) is 15.9 Å². The Morgan fingerprint density at radius 3 is 2.45 bits per heavy atom. The number of carboxylic acid groups (broad SMARTS) is 1. The molecular formula is C14H16BrNO3S. The lowest BCUT2D eigenvalue weighted by atomic mass is 9.88. The zero-order chi connectivity index (χ0) is 14.3. The number of fused-ring (bicyclic) bond motifs is 2. The predicted octanol–water partition coefficient (Wildman–Crippen LogP) is 3.37. The van der Waals surface area contributed by atoms with E-state index >= 15 is 0 Å². The monoisotopic (exact) mass is 357 g/mol.